The van der Waals surface area contributed by atoms with Gasteiger partial charge in [-0.1, -0.05) is 15.2 Å². The largest absolute Gasteiger partial charge is 0.595 e. The number of carboxylic acids is 1. The molecule has 0 aromatic heterocycles. The number of carbonyl (C=O) groups is 2. The Morgan fingerprint density at radius 3 is 2.08 bits per heavy atom. The van der Waals surface area contributed by atoms with E-state index in [1.54, 1.807) is 0 Å². The van der Waals surface area contributed by atoms with Gasteiger partial charge in [0.05, 0.1) is 5.56 Å². The Kier molecular flexibility index (Phi) is 6.18. The first-order valence-corrected chi connectivity index (χ1v) is 9.94. The minimum absolute atomic E-state index is 0.0121. The first kappa shape index (κ1) is 19.1. The van der Waals surface area contributed by atoms with Crippen molar-refractivity contribution >= 4 is 38.9 Å². The van der Waals surface area contributed by atoms with E-state index in [2.05, 4.69) is 0 Å². The molecule has 0 radical (unpaired) electrons. The second-order valence-corrected chi connectivity index (χ2v) is 8.51. The van der Waals surface area contributed by atoms with Crippen LogP contribution in [-0.4, -0.2) is 27.6 Å². The van der Waals surface area contributed by atoms with Crippen LogP contribution in [-0.2, 0) is 22.0 Å². The van der Waals surface area contributed by atoms with Crippen molar-refractivity contribution in [2.24, 2.45) is 0 Å². The van der Waals surface area contributed by atoms with Gasteiger partial charge in [0, 0.05) is 18.4 Å². The van der Waals surface area contributed by atoms with Gasteiger partial charge in [0.25, 0.3) is 5.24 Å². The average Bonchev–Trinajstić information content (AvgIpc) is 2.52. The van der Waals surface area contributed by atoms with E-state index in [-0.39, 0.29) is 42.4 Å². The van der Waals surface area contributed by atoms with Gasteiger partial charge in [-0.2, -0.15) is 0 Å². The first-order chi connectivity index (χ1) is 11.2. The molecule has 0 spiro atoms. The summed E-state index contributed by atoms with van der Waals surface area (Å²) < 4.78 is 22.9. The molecule has 24 heavy (non-hydrogen) atoms. The molecule has 0 saturated heterocycles. The summed E-state index contributed by atoms with van der Waals surface area (Å²) in [6, 6.07) is 2.62. The van der Waals surface area contributed by atoms with Gasteiger partial charge in [-0.3, -0.25) is 4.79 Å². The van der Waals surface area contributed by atoms with E-state index in [1.165, 1.54) is 12.1 Å². The number of carboxylic acid groups (broad SMARTS) is 1. The van der Waals surface area contributed by atoms with Crippen molar-refractivity contribution in [1.29, 1.82) is 0 Å². The van der Waals surface area contributed by atoms with Gasteiger partial charge in [-0.05, 0) is 41.6 Å². The Bertz CT molecular complexity index is 734. The summed E-state index contributed by atoms with van der Waals surface area (Å²) >= 11 is 5.60. The summed E-state index contributed by atoms with van der Waals surface area (Å²) in [6.45, 7) is 0. The van der Waals surface area contributed by atoms with Gasteiger partial charge in [0.15, 0.2) is 11.3 Å². The number of carbonyl (C=O) groups excluding carboxylic acids is 1. The molecule has 2 bridgehead atoms. The topological polar surface area (TPSA) is 135 Å². The molecular formula is C14H13ClO7P2. The molecule has 0 saturated carbocycles. The average molecular weight is 391 g/mol. The number of halogens is 1. The van der Waals surface area contributed by atoms with Gasteiger partial charge in [-0.15, -0.1) is 0 Å². The van der Waals surface area contributed by atoms with Crippen LogP contribution >= 0.6 is 27.7 Å². The van der Waals surface area contributed by atoms with E-state index in [0.717, 1.165) is 0 Å². The predicted molar refractivity (Wildman–Crippen MR) is 83.0 cm³/mol. The summed E-state index contributed by atoms with van der Waals surface area (Å²) in [4.78, 5) is 46.2. The van der Waals surface area contributed by atoms with Gasteiger partial charge in [-0.25, -0.2) is 4.79 Å². The maximum atomic E-state index is 11.9. The van der Waals surface area contributed by atoms with E-state index >= 15 is 0 Å². The molecule has 4 atom stereocenters. The van der Waals surface area contributed by atoms with Crippen molar-refractivity contribution in [3.63, 3.8) is 0 Å². The number of hydrogen-bond acceptors (Lipinski definition) is 6. The smallest absolute Gasteiger partial charge is 0.335 e. The third-order valence-electron chi connectivity index (χ3n) is 4.15. The second-order valence-electron chi connectivity index (χ2n) is 5.57. The van der Waals surface area contributed by atoms with Gasteiger partial charge in [0.2, 0.25) is 0 Å². The van der Waals surface area contributed by atoms with E-state index in [0.29, 0.717) is 5.56 Å². The van der Waals surface area contributed by atoms with Crippen LogP contribution in [0.4, 0.5) is 0 Å². The van der Waals surface area contributed by atoms with E-state index in [1.807, 2.05) is 0 Å². The molecular weight excluding hydrogens is 378 g/mol. The molecule has 0 heterocycles. The number of hydrogen-bond donors (Lipinski definition) is 1. The first-order valence-electron chi connectivity index (χ1n) is 7.07. The Morgan fingerprint density at radius 2 is 1.62 bits per heavy atom. The van der Waals surface area contributed by atoms with Crippen LogP contribution in [0.2, 0.25) is 0 Å². The van der Waals surface area contributed by atoms with E-state index in [9.17, 15) is 33.6 Å². The quantitative estimate of drug-likeness (QED) is 0.609. The number of benzene rings is 1. The lowest BCUT2D eigenvalue weighted by Gasteiger charge is -2.14. The van der Waals surface area contributed by atoms with Gasteiger partial charge < -0.3 is 14.9 Å². The third-order valence-corrected chi connectivity index (χ3v) is 6.41. The van der Waals surface area contributed by atoms with Crippen LogP contribution in [0.3, 0.4) is 0 Å². The fourth-order valence-corrected chi connectivity index (χ4v) is 4.59. The zero-order chi connectivity index (χ0) is 18.0. The van der Waals surface area contributed by atoms with Crippen LogP contribution in [0.15, 0.2) is 12.1 Å². The lowest BCUT2D eigenvalue weighted by Crippen LogP contribution is -2.17. The standard InChI is InChI=1S/C14H13ClO7P2/c15-13(16)12-7-1-4-10(14(17)18)11(12)6-9(24(21)22)3-2-8(5-7)23(19)20/h1,4,8-9H,2-3,5-6H2,(H,17,18). The molecule has 0 aliphatic heterocycles. The molecule has 1 aliphatic rings. The van der Waals surface area contributed by atoms with Crippen LogP contribution in [0.25, 0.3) is 0 Å². The highest BCUT2D eigenvalue weighted by Gasteiger charge is 2.35. The van der Waals surface area contributed by atoms with Gasteiger partial charge in [0.1, 0.15) is 0 Å². The minimum atomic E-state index is -2.92. The van der Waals surface area contributed by atoms with Gasteiger partial charge >= 0.3 is 22.0 Å². The molecule has 1 aromatic rings. The number of rotatable bonds is 4. The van der Waals surface area contributed by atoms with Crippen molar-refractivity contribution in [3.8, 4) is 0 Å². The Morgan fingerprint density at radius 1 is 1.08 bits per heavy atom. The molecule has 1 aromatic carbocycles. The molecule has 0 amide bonds. The highest BCUT2D eigenvalue weighted by molar-refractivity contribution is 7.37. The van der Waals surface area contributed by atoms with Crippen molar-refractivity contribution in [2.75, 3.05) is 0 Å². The maximum absolute atomic E-state index is 11.9. The molecule has 0 fully saturated rings. The fourth-order valence-electron chi connectivity index (χ4n) is 2.96. The summed E-state index contributed by atoms with van der Waals surface area (Å²) in [5, 5.41) is 8.39. The maximum Gasteiger partial charge on any atom is 0.335 e. The molecule has 4 unspecified atom stereocenters. The minimum Gasteiger partial charge on any atom is -0.595 e. The molecule has 7 nitrogen and oxygen atoms in total. The molecule has 1 N–H and O–H groups in total. The zero-order valence-electron chi connectivity index (χ0n) is 12.3. The fraction of sp³-hybridized carbons (Fsp3) is 0.429. The Balaban J connectivity index is 2.70. The van der Waals surface area contributed by atoms with Crippen LogP contribution in [0, 0.1) is 0 Å². The van der Waals surface area contributed by atoms with E-state index < -0.39 is 38.6 Å². The monoisotopic (exact) mass is 390 g/mol. The second kappa shape index (κ2) is 7.77. The molecule has 10 heteroatoms. The summed E-state index contributed by atoms with van der Waals surface area (Å²) in [5.74, 6) is -1.30. The van der Waals surface area contributed by atoms with Crippen molar-refractivity contribution in [3.05, 3.63) is 34.4 Å². The predicted octanol–water partition coefficient (Wildman–Crippen LogP) is 1.59. The third kappa shape index (κ3) is 4.05. The normalized spacial score (nSPS) is 22.0. The van der Waals surface area contributed by atoms with Crippen LogP contribution < -0.4 is 9.79 Å². The lowest BCUT2D eigenvalue weighted by atomic mass is 9.92. The Labute approximate surface area is 144 Å². The Hall–Kier alpha value is -1.23. The van der Waals surface area contributed by atoms with Crippen LogP contribution in [0.5, 0.6) is 0 Å². The van der Waals surface area contributed by atoms with Crippen molar-refractivity contribution in [2.45, 2.75) is 37.0 Å². The van der Waals surface area contributed by atoms with E-state index in [4.69, 9.17) is 11.6 Å². The number of aromatic carboxylic acids is 1. The number of fused-ring (bicyclic) bond motifs is 2. The lowest BCUT2D eigenvalue weighted by molar-refractivity contribution is -0.168. The van der Waals surface area contributed by atoms with Crippen LogP contribution in [0.1, 0.15) is 44.7 Å². The highest BCUT2D eigenvalue weighted by Crippen LogP contribution is 2.37. The summed E-state index contributed by atoms with van der Waals surface area (Å²) in [5.41, 5.74) is -1.73. The highest BCUT2D eigenvalue weighted by atomic mass is 35.5. The van der Waals surface area contributed by atoms with Crippen molar-refractivity contribution in [1.82, 2.24) is 0 Å². The zero-order valence-corrected chi connectivity index (χ0v) is 14.9. The summed E-state index contributed by atoms with van der Waals surface area (Å²) in [7, 11) is -5.76. The molecule has 1 aliphatic carbocycles. The summed E-state index contributed by atoms with van der Waals surface area (Å²) in [6.07, 6.45) is -0.0182. The molecule has 2 rings (SSSR count). The SMILES string of the molecule is O=C(O)c1ccc2c(C(=O)Cl)c1CC([P+](=O)[O-])CCC([P+](=O)[O-])C2. The van der Waals surface area contributed by atoms with Crippen molar-refractivity contribution < 1.29 is 33.6 Å². The molecule has 128 valence electrons.